The summed E-state index contributed by atoms with van der Waals surface area (Å²) in [4.78, 5) is 12.7. The van der Waals surface area contributed by atoms with E-state index in [0.717, 1.165) is 24.7 Å². The van der Waals surface area contributed by atoms with Crippen molar-refractivity contribution in [1.82, 2.24) is 0 Å². The van der Waals surface area contributed by atoms with Gasteiger partial charge in [0.2, 0.25) is 0 Å². The van der Waals surface area contributed by atoms with Crippen LogP contribution in [0.15, 0.2) is 12.2 Å². The van der Waals surface area contributed by atoms with Gasteiger partial charge >= 0.3 is 0 Å². The van der Waals surface area contributed by atoms with Crippen LogP contribution in [0.1, 0.15) is 106 Å². The molecule has 0 amide bonds. The van der Waals surface area contributed by atoms with Crippen LogP contribution in [0.2, 0.25) is 19.6 Å². The van der Waals surface area contributed by atoms with Crippen LogP contribution in [0, 0.1) is 56.7 Å². The lowest BCUT2D eigenvalue weighted by molar-refractivity contribution is -0.244. The lowest BCUT2D eigenvalue weighted by Gasteiger charge is -2.73. The first-order chi connectivity index (χ1) is 16.6. The maximum absolute atomic E-state index is 12.7. The molecule has 0 aromatic heterocycles. The summed E-state index contributed by atoms with van der Waals surface area (Å²) in [6, 6.07) is 0. The predicted octanol–water partition coefficient (Wildman–Crippen LogP) is 9.06. The molecule has 10 atom stereocenters. The van der Waals surface area contributed by atoms with Gasteiger partial charge in [0.05, 0.1) is 6.10 Å². The number of carbonyl (C=O) groups excluding carboxylic acids is 1. The topological polar surface area (TPSA) is 26.3 Å². The Balaban J connectivity index is 1.50. The SMILES string of the molecule is C=C(C)C1CCC2(C=O)CCC3(C)C(CCC4C5(C)CCC(O[Si](C)(C)C)C(C)(C)C5CCC43C)C12. The van der Waals surface area contributed by atoms with Gasteiger partial charge < -0.3 is 9.22 Å². The second-order valence-corrected chi connectivity index (χ2v) is 21.1. The van der Waals surface area contributed by atoms with Gasteiger partial charge in [0, 0.05) is 5.41 Å². The van der Waals surface area contributed by atoms with Crippen molar-refractivity contribution >= 4 is 14.6 Å². The summed E-state index contributed by atoms with van der Waals surface area (Å²) >= 11 is 0. The second kappa shape index (κ2) is 8.29. The molecule has 0 aromatic carbocycles. The number of carbonyl (C=O) groups is 1. The van der Waals surface area contributed by atoms with Crippen LogP contribution in [-0.4, -0.2) is 20.7 Å². The smallest absolute Gasteiger partial charge is 0.184 e. The summed E-state index contributed by atoms with van der Waals surface area (Å²) in [6.07, 6.45) is 14.4. The highest BCUT2D eigenvalue weighted by atomic mass is 28.4. The van der Waals surface area contributed by atoms with Crippen molar-refractivity contribution in [2.24, 2.45) is 56.7 Å². The summed E-state index contributed by atoms with van der Waals surface area (Å²) in [6.45, 7) is 26.9. The highest BCUT2D eigenvalue weighted by molar-refractivity contribution is 6.69. The van der Waals surface area contributed by atoms with E-state index in [9.17, 15) is 4.79 Å². The predicted molar refractivity (Wildman–Crippen MR) is 153 cm³/mol. The fourth-order valence-corrected chi connectivity index (χ4v) is 13.3. The molecule has 5 aliphatic rings. The van der Waals surface area contributed by atoms with E-state index in [4.69, 9.17) is 4.43 Å². The van der Waals surface area contributed by atoms with Crippen molar-refractivity contribution in [3.05, 3.63) is 12.2 Å². The Kier molecular flexibility index (Phi) is 6.26. The maximum atomic E-state index is 12.7. The lowest BCUT2D eigenvalue weighted by Crippen LogP contribution is -2.67. The van der Waals surface area contributed by atoms with Gasteiger partial charge in [-0.2, -0.15) is 0 Å². The van der Waals surface area contributed by atoms with E-state index >= 15 is 0 Å². The zero-order chi connectivity index (χ0) is 26.5. The van der Waals surface area contributed by atoms with E-state index in [1.165, 1.54) is 63.2 Å². The molecule has 10 unspecified atom stereocenters. The molecule has 0 bridgehead atoms. The molecule has 0 saturated heterocycles. The fourth-order valence-electron chi connectivity index (χ4n) is 12.0. The zero-order valence-corrected chi connectivity index (χ0v) is 26.1. The van der Waals surface area contributed by atoms with E-state index in [0.29, 0.717) is 40.1 Å². The molecule has 36 heavy (non-hydrogen) atoms. The molecule has 0 spiro atoms. The number of aldehydes is 1. The molecule has 0 N–H and O–H groups in total. The van der Waals surface area contributed by atoms with Gasteiger partial charge in [0.1, 0.15) is 6.29 Å². The number of hydrogen-bond donors (Lipinski definition) is 0. The van der Waals surface area contributed by atoms with Gasteiger partial charge in [-0.05, 0) is 142 Å². The van der Waals surface area contributed by atoms with Crippen molar-refractivity contribution in [2.45, 2.75) is 131 Å². The molecular formula is C33H56O2Si. The largest absolute Gasteiger partial charge is 0.414 e. The molecule has 0 aliphatic heterocycles. The summed E-state index contributed by atoms with van der Waals surface area (Å²) in [5, 5.41) is 0. The summed E-state index contributed by atoms with van der Waals surface area (Å²) in [7, 11) is -1.57. The molecule has 0 aromatic rings. The minimum absolute atomic E-state index is 0.0771. The molecule has 3 heteroatoms. The molecule has 5 rings (SSSR count). The van der Waals surface area contributed by atoms with E-state index in [-0.39, 0.29) is 10.8 Å². The Hall–Kier alpha value is -0.413. The number of hydrogen-bond acceptors (Lipinski definition) is 2. The van der Waals surface area contributed by atoms with Crippen LogP contribution in [0.4, 0.5) is 0 Å². The fraction of sp³-hybridized carbons (Fsp3) is 0.909. The quantitative estimate of drug-likeness (QED) is 0.213. The second-order valence-electron chi connectivity index (χ2n) is 16.6. The standard InChI is InChI=1S/C33H56O2Si/c1-22(2)23-13-18-33(21-34)20-19-31(6)24(28(23)33)11-12-26-30(5)16-15-27(35-36(8,9)10)29(3,4)25(30)14-17-32(26,31)7/h21,23-28H,1,11-20H2,2-10H3. The highest BCUT2D eigenvalue weighted by Gasteiger charge is 2.71. The van der Waals surface area contributed by atoms with E-state index in [1.54, 1.807) is 0 Å². The van der Waals surface area contributed by atoms with Crippen LogP contribution >= 0.6 is 0 Å². The summed E-state index contributed by atoms with van der Waals surface area (Å²) in [5.74, 6) is 3.25. The minimum Gasteiger partial charge on any atom is -0.414 e. The van der Waals surface area contributed by atoms with Crippen LogP contribution < -0.4 is 0 Å². The van der Waals surface area contributed by atoms with E-state index < -0.39 is 8.32 Å². The number of rotatable bonds is 4. The zero-order valence-electron chi connectivity index (χ0n) is 25.1. The third-order valence-corrected chi connectivity index (χ3v) is 14.8. The van der Waals surface area contributed by atoms with Crippen molar-refractivity contribution < 1.29 is 9.22 Å². The monoisotopic (exact) mass is 512 g/mol. The molecular weight excluding hydrogens is 456 g/mol. The Morgan fingerprint density at radius 1 is 0.833 bits per heavy atom. The minimum atomic E-state index is -1.57. The van der Waals surface area contributed by atoms with E-state index in [2.05, 4.69) is 67.8 Å². The Bertz CT molecular complexity index is 917. The number of fused-ring (bicyclic) bond motifs is 7. The van der Waals surface area contributed by atoms with Gasteiger partial charge in [0.25, 0.3) is 0 Å². The summed E-state index contributed by atoms with van der Waals surface area (Å²) in [5.41, 5.74) is 2.58. The molecule has 5 saturated carbocycles. The van der Waals surface area contributed by atoms with Crippen molar-refractivity contribution in [2.75, 3.05) is 0 Å². The maximum Gasteiger partial charge on any atom is 0.184 e. The molecule has 5 fully saturated rings. The van der Waals surface area contributed by atoms with Gasteiger partial charge in [-0.1, -0.05) is 46.8 Å². The molecule has 0 radical (unpaired) electrons. The lowest BCUT2D eigenvalue weighted by atomic mass is 9.32. The summed E-state index contributed by atoms with van der Waals surface area (Å²) < 4.78 is 6.86. The number of allylic oxidation sites excluding steroid dienone is 1. The third kappa shape index (κ3) is 3.53. The molecule has 5 aliphatic carbocycles. The third-order valence-electron chi connectivity index (χ3n) is 13.8. The molecule has 2 nitrogen and oxygen atoms in total. The first-order valence-electron chi connectivity index (χ1n) is 15.4. The first-order valence-corrected chi connectivity index (χ1v) is 18.8. The van der Waals surface area contributed by atoms with Crippen molar-refractivity contribution in [3.8, 4) is 0 Å². The van der Waals surface area contributed by atoms with Crippen LogP contribution in [0.5, 0.6) is 0 Å². The van der Waals surface area contributed by atoms with Crippen molar-refractivity contribution in [1.29, 1.82) is 0 Å². The van der Waals surface area contributed by atoms with Crippen LogP contribution in [-0.2, 0) is 9.22 Å². The first kappa shape index (κ1) is 27.2. The Morgan fingerprint density at radius 3 is 2.14 bits per heavy atom. The molecule has 204 valence electrons. The van der Waals surface area contributed by atoms with Gasteiger partial charge in [-0.3, -0.25) is 0 Å². The normalized spacial score (nSPS) is 51.9. The molecule has 0 heterocycles. The highest BCUT2D eigenvalue weighted by Crippen LogP contribution is 2.77. The Labute approximate surface area is 223 Å². The van der Waals surface area contributed by atoms with Gasteiger partial charge in [0.15, 0.2) is 8.32 Å². The van der Waals surface area contributed by atoms with Crippen LogP contribution in [0.3, 0.4) is 0 Å². The van der Waals surface area contributed by atoms with Crippen molar-refractivity contribution in [3.63, 3.8) is 0 Å². The average molecular weight is 513 g/mol. The van der Waals surface area contributed by atoms with E-state index in [1.807, 2.05) is 0 Å². The average Bonchev–Trinajstić information content (AvgIpc) is 3.16. The van der Waals surface area contributed by atoms with Crippen LogP contribution in [0.25, 0.3) is 0 Å². The van der Waals surface area contributed by atoms with Gasteiger partial charge in [-0.15, -0.1) is 0 Å². The Morgan fingerprint density at radius 2 is 1.53 bits per heavy atom. The van der Waals surface area contributed by atoms with Gasteiger partial charge in [-0.25, -0.2) is 0 Å².